The zero-order chi connectivity index (χ0) is 23.4. The fourth-order valence-corrected chi connectivity index (χ4v) is 4.30. The Kier molecular flexibility index (Phi) is 7.08. The monoisotopic (exact) mass is 468 g/mol. The summed E-state index contributed by atoms with van der Waals surface area (Å²) >= 11 is 1.34. The Hall–Kier alpha value is -3.20. The van der Waals surface area contributed by atoms with E-state index in [1.165, 1.54) is 17.3 Å². The number of fused-ring (bicyclic) bond motifs is 1. The molecule has 1 aromatic heterocycles. The molecule has 1 N–H and O–H groups in total. The van der Waals surface area contributed by atoms with Gasteiger partial charge in [-0.25, -0.2) is 0 Å². The highest BCUT2D eigenvalue weighted by molar-refractivity contribution is 7.99. The molecular formula is C24H28N4O4S. The topological polar surface area (TPSA) is 87.5 Å². The van der Waals surface area contributed by atoms with Crippen LogP contribution in [0, 0.1) is 0 Å². The summed E-state index contributed by atoms with van der Waals surface area (Å²) in [7, 11) is 0. The van der Waals surface area contributed by atoms with E-state index < -0.39 is 0 Å². The Balaban J connectivity index is 1.36. The number of carbonyl (C=O) groups is 1. The lowest BCUT2D eigenvalue weighted by Crippen LogP contribution is -2.15. The molecule has 1 atom stereocenters. The number of anilines is 1. The number of hydrogen-bond acceptors (Lipinski definition) is 7. The van der Waals surface area contributed by atoms with Crippen LogP contribution in [0.2, 0.25) is 0 Å². The maximum Gasteiger partial charge on any atom is 0.234 e. The van der Waals surface area contributed by atoms with Crippen molar-refractivity contribution in [3.8, 4) is 17.2 Å². The first-order valence-electron chi connectivity index (χ1n) is 11.0. The number of ether oxygens (including phenoxy) is 3. The first kappa shape index (κ1) is 23.0. The molecule has 0 spiro atoms. The lowest BCUT2D eigenvalue weighted by atomic mass is 10.0. The van der Waals surface area contributed by atoms with Gasteiger partial charge in [0, 0.05) is 18.3 Å². The predicted octanol–water partition coefficient (Wildman–Crippen LogP) is 5.02. The molecule has 2 aromatic carbocycles. The van der Waals surface area contributed by atoms with E-state index in [4.69, 9.17) is 14.2 Å². The Bertz CT molecular complexity index is 1110. The lowest BCUT2D eigenvalue weighted by Gasteiger charge is -2.16. The van der Waals surface area contributed by atoms with Crippen LogP contribution in [0.15, 0.2) is 47.6 Å². The molecule has 0 aliphatic carbocycles. The van der Waals surface area contributed by atoms with Crippen LogP contribution in [0.25, 0.3) is 0 Å². The van der Waals surface area contributed by atoms with Crippen molar-refractivity contribution in [3.63, 3.8) is 0 Å². The molecular weight excluding hydrogens is 440 g/mol. The second-order valence-electron chi connectivity index (χ2n) is 7.97. The van der Waals surface area contributed by atoms with Gasteiger partial charge in [0.15, 0.2) is 28.6 Å². The summed E-state index contributed by atoms with van der Waals surface area (Å²) in [5.74, 6) is 3.36. The minimum absolute atomic E-state index is 0.138. The third-order valence-corrected chi connectivity index (χ3v) is 6.24. The average Bonchev–Trinajstić information content (AvgIpc) is 3.44. The highest BCUT2D eigenvalue weighted by Gasteiger charge is 2.20. The number of hydrogen-bond donors (Lipinski definition) is 1. The standard InChI is InChI=1S/C24H28N4O4S/c1-5-28-23(16(4)32-19-9-6-17(7-10-19)15(2)3)26-27-24(28)33-13-22(29)25-18-8-11-20-21(12-18)31-14-30-20/h6-12,15-16H,5,13-14H2,1-4H3,(H,25,29). The zero-order valence-electron chi connectivity index (χ0n) is 19.2. The van der Waals surface area contributed by atoms with Crippen molar-refractivity contribution in [3.05, 3.63) is 53.9 Å². The van der Waals surface area contributed by atoms with Gasteiger partial charge in [-0.05, 0) is 49.6 Å². The Morgan fingerprint density at radius 3 is 2.61 bits per heavy atom. The van der Waals surface area contributed by atoms with Gasteiger partial charge in [-0.15, -0.1) is 10.2 Å². The number of amides is 1. The fourth-order valence-electron chi connectivity index (χ4n) is 3.49. The normalized spacial score (nSPS) is 13.2. The molecule has 9 heteroatoms. The van der Waals surface area contributed by atoms with Crippen LogP contribution < -0.4 is 19.5 Å². The highest BCUT2D eigenvalue weighted by Crippen LogP contribution is 2.34. The van der Waals surface area contributed by atoms with Crippen molar-refractivity contribution in [2.24, 2.45) is 0 Å². The molecule has 0 saturated heterocycles. The van der Waals surface area contributed by atoms with Gasteiger partial charge in [0.2, 0.25) is 12.7 Å². The molecule has 33 heavy (non-hydrogen) atoms. The summed E-state index contributed by atoms with van der Waals surface area (Å²) in [6.45, 7) is 9.17. The number of benzene rings is 2. The van der Waals surface area contributed by atoms with Gasteiger partial charge in [0.05, 0.1) is 5.75 Å². The number of nitrogens with one attached hydrogen (secondary N) is 1. The minimum Gasteiger partial charge on any atom is -0.483 e. The third kappa shape index (κ3) is 5.42. The molecule has 3 aromatic rings. The largest absolute Gasteiger partial charge is 0.483 e. The smallest absolute Gasteiger partial charge is 0.234 e. The van der Waals surface area contributed by atoms with E-state index in [1.807, 2.05) is 30.5 Å². The molecule has 0 radical (unpaired) electrons. The lowest BCUT2D eigenvalue weighted by molar-refractivity contribution is -0.113. The molecule has 174 valence electrons. The summed E-state index contributed by atoms with van der Waals surface area (Å²) in [4.78, 5) is 12.5. The number of aromatic nitrogens is 3. The second kappa shape index (κ2) is 10.2. The molecule has 8 nitrogen and oxygen atoms in total. The molecule has 1 amide bonds. The first-order chi connectivity index (χ1) is 15.9. The Labute approximate surface area is 197 Å². The molecule has 0 fully saturated rings. The van der Waals surface area contributed by atoms with Crippen LogP contribution in [-0.2, 0) is 11.3 Å². The molecule has 0 saturated carbocycles. The average molecular weight is 469 g/mol. The molecule has 1 aliphatic heterocycles. The van der Waals surface area contributed by atoms with E-state index in [0.717, 1.165) is 11.6 Å². The van der Waals surface area contributed by atoms with E-state index in [1.54, 1.807) is 18.2 Å². The Morgan fingerprint density at radius 2 is 1.88 bits per heavy atom. The van der Waals surface area contributed by atoms with Crippen LogP contribution in [0.5, 0.6) is 17.2 Å². The predicted molar refractivity (Wildman–Crippen MR) is 127 cm³/mol. The molecule has 4 rings (SSSR count). The van der Waals surface area contributed by atoms with Crippen molar-refractivity contribution in [1.29, 1.82) is 0 Å². The highest BCUT2D eigenvalue weighted by atomic mass is 32.2. The molecule has 1 aliphatic rings. The zero-order valence-corrected chi connectivity index (χ0v) is 20.0. The van der Waals surface area contributed by atoms with Crippen molar-refractivity contribution in [1.82, 2.24) is 14.8 Å². The number of nitrogens with zero attached hydrogens (tertiary/aromatic N) is 3. The van der Waals surface area contributed by atoms with Crippen LogP contribution in [0.3, 0.4) is 0 Å². The van der Waals surface area contributed by atoms with E-state index in [2.05, 4.69) is 41.5 Å². The second-order valence-corrected chi connectivity index (χ2v) is 8.92. The summed E-state index contributed by atoms with van der Waals surface area (Å²) in [6.07, 6.45) is -0.279. The summed E-state index contributed by atoms with van der Waals surface area (Å²) in [5.41, 5.74) is 1.93. The van der Waals surface area contributed by atoms with Crippen LogP contribution in [-0.4, -0.2) is 33.2 Å². The molecule has 0 bridgehead atoms. The third-order valence-electron chi connectivity index (χ3n) is 5.27. The van der Waals surface area contributed by atoms with Gasteiger partial charge in [-0.3, -0.25) is 4.79 Å². The number of rotatable bonds is 9. The van der Waals surface area contributed by atoms with E-state index >= 15 is 0 Å². The van der Waals surface area contributed by atoms with E-state index in [9.17, 15) is 4.79 Å². The minimum atomic E-state index is -0.279. The van der Waals surface area contributed by atoms with Crippen molar-refractivity contribution >= 4 is 23.4 Å². The maximum atomic E-state index is 12.5. The Morgan fingerprint density at radius 1 is 1.12 bits per heavy atom. The van der Waals surface area contributed by atoms with Crippen molar-refractivity contribution in [2.75, 3.05) is 17.9 Å². The van der Waals surface area contributed by atoms with Gasteiger partial charge in [0.1, 0.15) is 5.75 Å². The fraction of sp³-hybridized carbons (Fsp3) is 0.375. The quantitative estimate of drug-likeness (QED) is 0.441. The van der Waals surface area contributed by atoms with Gasteiger partial charge in [-0.2, -0.15) is 0 Å². The summed E-state index contributed by atoms with van der Waals surface area (Å²) < 4.78 is 18.7. The summed E-state index contributed by atoms with van der Waals surface area (Å²) in [5, 5.41) is 12.2. The maximum absolute atomic E-state index is 12.5. The van der Waals surface area contributed by atoms with E-state index in [-0.39, 0.29) is 24.6 Å². The van der Waals surface area contributed by atoms with Gasteiger partial charge in [0.25, 0.3) is 0 Å². The van der Waals surface area contributed by atoms with Crippen molar-refractivity contribution in [2.45, 2.75) is 51.4 Å². The van der Waals surface area contributed by atoms with Gasteiger partial charge < -0.3 is 24.1 Å². The van der Waals surface area contributed by atoms with Gasteiger partial charge in [-0.1, -0.05) is 37.7 Å². The van der Waals surface area contributed by atoms with Crippen molar-refractivity contribution < 1.29 is 19.0 Å². The van der Waals surface area contributed by atoms with Gasteiger partial charge >= 0.3 is 0 Å². The first-order valence-corrected chi connectivity index (χ1v) is 11.9. The molecule has 1 unspecified atom stereocenters. The number of thioether (sulfide) groups is 1. The summed E-state index contributed by atoms with van der Waals surface area (Å²) in [6, 6.07) is 13.4. The van der Waals surface area contributed by atoms with Crippen LogP contribution in [0.4, 0.5) is 5.69 Å². The number of carbonyl (C=O) groups excluding carboxylic acids is 1. The molecule has 2 heterocycles. The van der Waals surface area contributed by atoms with E-state index in [0.29, 0.717) is 34.8 Å². The van der Waals surface area contributed by atoms with Crippen LogP contribution in [0.1, 0.15) is 51.1 Å². The SMILES string of the molecule is CCn1c(SCC(=O)Nc2ccc3c(c2)OCO3)nnc1C(C)Oc1ccc(C(C)C)cc1. The van der Waals surface area contributed by atoms with Crippen LogP contribution >= 0.6 is 11.8 Å².